The van der Waals surface area contributed by atoms with Gasteiger partial charge in [0.25, 0.3) is 0 Å². The Morgan fingerprint density at radius 3 is 2.75 bits per heavy atom. The van der Waals surface area contributed by atoms with Crippen LogP contribution in [0.2, 0.25) is 5.02 Å². The number of aliphatic hydroxyl groups excluding tert-OH is 1. The normalized spacial score (nSPS) is 12.8. The van der Waals surface area contributed by atoms with Crippen LogP contribution in [0, 0.1) is 5.82 Å². The third-order valence-corrected chi connectivity index (χ3v) is 2.45. The van der Waals surface area contributed by atoms with Crippen molar-refractivity contribution < 1.29 is 9.50 Å². The first-order valence-corrected chi connectivity index (χ1v) is 5.14. The molecular formula is C11H10ClFN2O. The van der Waals surface area contributed by atoms with Crippen LogP contribution in [-0.4, -0.2) is 14.9 Å². The van der Waals surface area contributed by atoms with Gasteiger partial charge in [0, 0.05) is 6.20 Å². The minimum Gasteiger partial charge on any atom is -0.389 e. The van der Waals surface area contributed by atoms with Crippen molar-refractivity contribution in [2.45, 2.75) is 13.0 Å². The smallest absolute Gasteiger partial charge is 0.149 e. The lowest BCUT2D eigenvalue weighted by Crippen LogP contribution is -2.00. The largest absolute Gasteiger partial charge is 0.389 e. The third kappa shape index (κ3) is 2.08. The molecule has 1 atom stereocenters. The zero-order chi connectivity index (χ0) is 11.7. The van der Waals surface area contributed by atoms with E-state index < -0.39 is 11.9 Å². The van der Waals surface area contributed by atoms with Crippen molar-refractivity contribution >= 4 is 11.6 Å². The summed E-state index contributed by atoms with van der Waals surface area (Å²) in [6.07, 6.45) is 2.26. The number of hydrogen-bond acceptors (Lipinski definition) is 2. The fraction of sp³-hybridized carbons (Fsp3) is 0.182. The molecule has 0 aliphatic carbocycles. The van der Waals surface area contributed by atoms with E-state index >= 15 is 0 Å². The number of aliphatic hydroxyl groups is 1. The van der Waals surface area contributed by atoms with Crippen LogP contribution in [0.3, 0.4) is 0 Å². The number of benzene rings is 1. The molecule has 2 rings (SSSR count). The Morgan fingerprint density at radius 1 is 1.50 bits per heavy atom. The second kappa shape index (κ2) is 4.23. The Balaban J connectivity index is 2.44. The van der Waals surface area contributed by atoms with E-state index in [4.69, 9.17) is 11.6 Å². The van der Waals surface area contributed by atoms with E-state index in [0.717, 1.165) is 0 Å². The van der Waals surface area contributed by atoms with Crippen LogP contribution in [0.4, 0.5) is 4.39 Å². The molecule has 0 aliphatic heterocycles. The highest BCUT2D eigenvalue weighted by atomic mass is 35.5. The average molecular weight is 241 g/mol. The van der Waals surface area contributed by atoms with Gasteiger partial charge in [-0.2, -0.15) is 5.10 Å². The summed E-state index contributed by atoms with van der Waals surface area (Å²) < 4.78 is 15.0. The van der Waals surface area contributed by atoms with Crippen LogP contribution in [0.5, 0.6) is 0 Å². The molecule has 2 aromatic rings. The molecule has 3 nitrogen and oxygen atoms in total. The van der Waals surface area contributed by atoms with E-state index in [1.807, 2.05) is 0 Å². The third-order valence-electron chi connectivity index (χ3n) is 2.25. The van der Waals surface area contributed by atoms with Crippen LogP contribution in [0.25, 0.3) is 5.69 Å². The molecule has 0 bridgehead atoms. The maximum Gasteiger partial charge on any atom is 0.149 e. The van der Waals surface area contributed by atoms with E-state index in [1.54, 1.807) is 19.1 Å². The molecule has 0 saturated heterocycles. The van der Waals surface area contributed by atoms with Crippen molar-refractivity contribution in [3.05, 3.63) is 47.0 Å². The van der Waals surface area contributed by atoms with Crippen molar-refractivity contribution in [3.8, 4) is 5.69 Å². The summed E-state index contributed by atoms with van der Waals surface area (Å²) in [4.78, 5) is 0. The van der Waals surface area contributed by atoms with Gasteiger partial charge < -0.3 is 5.11 Å². The minimum absolute atomic E-state index is 0.302. The zero-order valence-electron chi connectivity index (χ0n) is 8.56. The predicted molar refractivity (Wildman–Crippen MR) is 59.2 cm³/mol. The molecule has 1 aromatic heterocycles. The topological polar surface area (TPSA) is 38.0 Å². The van der Waals surface area contributed by atoms with E-state index in [1.165, 1.54) is 23.1 Å². The molecule has 5 heteroatoms. The number of hydrogen-bond donors (Lipinski definition) is 1. The summed E-state index contributed by atoms with van der Waals surface area (Å²) in [6, 6.07) is 4.50. The molecular weight excluding hydrogens is 231 g/mol. The van der Waals surface area contributed by atoms with Crippen LogP contribution in [-0.2, 0) is 0 Å². The van der Waals surface area contributed by atoms with Crippen molar-refractivity contribution in [2.75, 3.05) is 0 Å². The lowest BCUT2D eigenvalue weighted by molar-refractivity contribution is 0.199. The van der Waals surface area contributed by atoms with Crippen molar-refractivity contribution in [2.24, 2.45) is 0 Å². The summed E-state index contributed by atoms with van der Waals surface area (Å²) in [6.45, 7) is 1.58. The van der Waals surface area contributed by atoms with E-state index in [9.17, 15) is 9.50 Å². The van der Waals surface area contributed by atoms with Gasteiger partial charge in [0.15, 0.2) is 0 Å². The molecule has 0 amide bonds. The number of nitrogens with zero attached hydrogens (tertiary/aromatic N) is 2. The molecule has 1 aromatic carbocycles. The second-order valence-electron chi connectivity index (χ2n) is 3.49. The Labute approximate surface area is 97.1 Å². The van der Waals surface area contributed by atoms with Gasteiger partial charge in [0.2, 0.25) is 0 Å². The summed E-state index contributed by atoms with van der Waals surface area (Å²) in [5, 5.41) is 13.7. The molecule has 0 saturated carbocycles. The zero-order valence-corrected chi connectivity index (χ0v) is 9.32. The van der Waals surface area contributed by atoms with E-state index in [2.05, 4.69) is 5.10 Å². The molecule has 0 fully saturated rings. The quantitative estimate of drug-likeness (QED) is 0.877. The number of halogens is 2. The number of aromatic nitrogens is 2. The Morgan fingerprint density at radius 2 is 2.25 bits per heavy atom. The number of rotatable bonds is 2. The van der Waals surface area contributed by atoms with Gasteiger partial charge in [-0.05, 0) is 24.6 Å². The molecule has 0 unspecified atom stereocenters. The maximum absolute atomic E-state index is 13.7. The molecule has 0 spiro atoms. The molecule has 1 heterocycles. The first kappa shape index (κ1) is 11.1. The van der Waals surface area contributed by atoms with Gasteiger partial charge in [-0.3, -0.25) is 0 Å². The van der Waals surface area contributed by atoms with Crippen LogP contribution < -0.4 is 0 Å². The van der Waals surface area contributed by atoms with Crippen molar-refractivity contribution in [3.63, 3.8) is 0 Å². The lowest BCUT2D eigenvalue weighted by atomic mass is 10.1. The fourth-order valence-electron chi connectivity index (χ4n) is 1.40. The molecule has 84 valence electrons. The van der Waals surface area contributed by atoms with Gasteiger partial charge in [-0.25, -0.2) is 9.07 Å². The summed E-state index contributed by atoms with van der Waals surface area (Å²) >= 11 is 5.70. The predicted octanol–water partition coefficient (Wildman–Crippen LogP) is 2.72. The Kier molecular flexibility index (Phi) is 2.94. The average Bonchev–Trinajstić information content (AvgIpc) is 2.64. The molecule has 16 heavy (non-hydrogen) atoms. The van der Waals surface area contributed by atoms with Crippen LogP contribution >= 0.6 is 11.6 Å². The van der Waals surface area contributed by atoms with E-state index in [0.29, 0.717) is 16.3 Å². The summed E-state index contributed by atoms with van der Waals surface area (Å²) in [5.74, 6) is -0.446. The van der Waals surface area contributed by atoms with Gasteiger partial charge in [0.05, 0.1) is 17.3 Å². The monoisotopic (exact) mass is 240 g/mol. The van der Waals surface area contributed by atoms with Gasteiger partial charge in [0.1, 0.15) is 11.5 Å². The van der Waals surface area contributed by atoms with Gasteiger partial charge in [-0.1, -0.05) is 17.7 Å². The second-order valence-corrected chi connectivity index (χ2v) is 3.93. The highest BCUT2D eigenvalue weighted by molar-refractivity contribution is 6.30. The van der Waals surface area contributed by atoms with Gasteiger partial charge in [-0.15, -0.1) is 0 Å². The standard InChI is InChI=1S/C11H10ClFN2O/c1-7(16)8-2-3-11(10(13)4-8)15-6-9(12)5-14-15/h2-7,16H,1H3/t7-/m1/s1. The summed E-state index contributed by atoms with van der Waals surface area (Å²) in [7, 11) is 0. The first-order chi connectivity index (χ1) is 7.58. The van der Waals surface area contributed by atoms with Crippen molar-refractivity contribution in [1.82, 2.24) is 9.78 Å². The Hall–Kier alpha value is -1.39. The SMILES string of the molecule is C[C@@H](O)c1ccc(-n2cc(Cl)cn2)c(F)c1. The lowest BCUT2D eigenvalue weighted by Gasteiger charge is -2.07. The highest BCUT2D eigenvalue weighted by Gasteiger charge is 2.09. The van der Waals surface area contributed by atoms with Crippen LogP contribution in [0.15, 0.2) is 30.6 Å². The van der Waals surface area contributed by atoms with Gasteiger partial charge >= 0.3 is 0 Å². The molecule has 1 N–H and O–H groups in total. The minimum atomic E-state index is -0.690. The Bertz CT molecular complexity index is 510. The molecule has 0 aliphatic rings. The van der Waals surface area contributed by atoms with Crippen LogP contribution in [0.1, 0.15) is 18.6 Å². The fourth-order valence-corrected chi connectivity index (χ4v) is 1.54. The first-order valence-electron chi connectivity index (χ1n) is 4.76. The molecule has 0 radical (unpaired) electrons. The maximum atomic E-state index is 13.7. The highest BCUT2D eigenvalue weighted by Crippen LogP contribution is 2.20. The summed E-state index contributed by atoms with van der Waals surface area (Å²) in [5.41, 5.74) is 0.829. The van der Waals surface area contributed by atoms with E-state index in [-0.39, 0.29) is 0 Å². The van der Waals surface area contributed by atoms with Crippen molar-refractivity contribution in [1.29, 1.82) is 0 Å².